The summed E-state index contributed by atoms with van der Waals surface area (Å²) in [6, 6.07) is 28.1. The molecule has 2 aliphatic heterocycles. The molecule has 5 nitrogen and oxygen atoms in total. The molecule has 166 valence electrons. The molecule has 3 heterocycles. The third kappa shape index (κ3) is 3.77. The Bertz CT molecular complexity index is 1480. The number of benzene rings is 3. The van der Waals surface area contributed by atoms with Gasteiger partial charge in [0.1, 0.15) is 4.91 Å². The van der Waals surface area contributed by atoms with Crippen molar-refractivity contribution in [3.8, 4) is 0 Å². The Morgan fingerprint density at radius 1 is 0.912 bits per heavy atom. The van der Waals surface area contributed by atoms with Gasteiger partial charge in [0.05, 0.1) is 28.5 Å². The van der Waals surface area contributed by atoms with Crippen molar-refractivity contribution in [2.24, 2.45) is 4.99 Å². The van der Waals surface area contributed by atoms with Gasteiger partial charge in [-0.05, 0) is 53.7 Å². The molecule has 0 radical (unpaired) electrons. The second kappa shape index (κ2) is 8.66. The summed E-state index contributed by atoms with van der Waals surface area (Å²) in [4.78, 5) is 28.8. The molecule has 0 saturated carbocycles. The topological polar surface area (TPSA) is 48.8 Å². The summed E-state index contributed by atoms with van der Waals surface area (Å²) >= 11 is 3.08. The van der Waals surface area contributed by atoms with Gasteiger partial charge in [-0.2, -0.15) is 0 Å². The molecule has 4 aromatic rings. The number of amidine groups is 1. The molecule has 6 rings (SSSR count). The Kier molecular flexibility index (Phi) is 5.36. The number of nitrogens with zero attached hydrogens (tertiary/aromatic N) is 4. The molecule has 1 saturated heterocycles. The summed E-state index contributed by atoms with van der Waals surface area (Å²) in [6.45, 7) is 0.471. The maximum Gasteiger partial charge on any atom is 0.269 e. The van der Waals surface area contributed by atoms with Gasteiger partial charge in [0.25, 0.3) is 5.91 Å². The predicted octanol–water partition coefficient (Wildman–Crippen LogP) is 6.41. The molecule has 0 atom stereocenters. The third-order valence-corrected chi connectivity index (χ3v) is 8.22. The summed E-state index contributed by atoms with van der Waals surface area (Å²) in [7, 11) is 2.02. The summed E-state index contributed by atoms with van der Waals surface area (Å²) in [5, 5.41) is 2.65. The van der Waals surface area contributed by atoms with Crippen molar-refractivity contribution in [3.63, 3.8) is 0 Å². The van der Waals surface area contributed by atoms with Crippen molar-refractivity contribution in [2.75, 3.05) is 11.9 Å². The average Bonchev–Trinajstić information content (AvgIpc) is 3.36. The Labute approximate surface area is 206 Å². The highest BCUT2D eigenvalue weighted by atomic mass is 32.2. The number of rotatable bonds is 3. The molecule has 1 aromatic heterocycles. The molecule has 0 spiro atoms. The van der Waals surface area contributed by atoms with Gasteiger partial charge in [0.2, 0.25) is 0 Å². The van der Waals surface area contributed by atoms with Gasteiger partial charge < -0.3 is 4.90 Å². The minimum Gasteiger partial charge on any atom is -0.337 e. The van der Waals surface area contributed by atoms with Gasteiger partial charge in [0.15, 0.2) is 5.17 Å². The van der Waals surface area contributed by atoms with E-state index in [1.807, 2.05) is 79.8 Å². The number of carbonyl (C=O) groups excluding carboxylic acids is 1. The molecule has 1 fully saturated rings. The number of pyridine rings is 1. The van der Waals surface area contributed by atoms with E-state index in [2.05, 4.69) is 22.0 Å². The number of para-hydroxylation sites is 1. The lowest BCUT2D eigenvalue weighted by molar-refractivity contribution is -0.122. The van der Waals surface area contributed by atoms with Crippen LogP contribution < -0.4 is 4.90 Å². The van der Waals surface area contributed by atoms with Gasteiger partial charge in [0, 0.05) is 23.5 Å². The van der Waals surface area contributed by atoms with Crippen molar-refractivity contribution >= 4 is 56.9 Å². The zero-order valence-corrected chi connectivity index (χ0v) is 20.0. The molecule has 0 aliphatic carbocycles. The predicted molar refractivity (Wildman–Crippen MR) is 141 cm³/mol. The maximum absolute atomic E-state index is 13.7. The zero-order chi connectivity index (χ0) is 23.1. The first-order chi connectivity index (χ1) is 16.7. The van der Waals surface area contributed by atoms with Crippen LogP contribution in [-0.2, 0) is 11.3 Å². The molecule has 0 bridgehead atoms. The van der Waals surface area contributed by atoms with Crippen LogP contribution in [0, 0.1) is 0 Å². The van der Waals surface area contributed by atoms with E-state index in [9.17, 15) is 4.79 Å². The average molecular weight is 481 g/mol. The molecule has 1 amide bonds. The van der Waals surface area contributed by atoms with Crippen LogP contribution in [0.3, 0.4) is 0 Å². The van der Waals surface area contributed by atoms with Crippen molar-refractivity contribution in [1.82, 2.24) is 9.88 Å². The Balaban J connectivity index is 1.42. The van der Waals surface area contributed by atoms with Crippen LogP contribution in [0.5, 0.6) is 0 Å². The first kappa shape index (κ1) is 21.0. The van der Waals surface area contributed by atoms with Crippen LogP contribution in [0.4, 0.5) is 11.4 Å². The summed E-state index contributed by atoms with van der Waals surface area (Å²) in [5.74, 6) is -0.0165. The molecule has 2 aliphatic rings. The van der Waals surface area contributed by atoms with Gasteiger partial charge >= 0.3 is 0 Å². The van der Waals surface area contributed by atoms with Crippen LogP contribution >= 0.6 is 23.5 Å². The van der Waals surface area contributed by atoms with Gasteiger partial charge in [-0.25, -0.2) is 4.99 Å². The third-order valence-electron chi connectivity index (χ3n) is 5.79. The maximum atomic E-state index is 13.7. The van der Waals surface area contributed by atoms with E-state index >= 15 is 0 Å². The molecule has 7 heteroatoms. The largest absolute Gasteiger partial charge is 0.337 e. The van der Waals surface area contributed by atoms with E-state index in [0.717, 1.165) is 37.8 Å². The molecular weight excluding hydrogens is 460 g/mol. The van der Waals surface area contributed by atoms with E-state index < -0.39 is 0 Å². The van der Waals surface area contributed by atoms with Gasteiger partial charge in [-0.15, -0.1) is 0 Å². The second-order valence-corrected chi connectivity index (χ2v) is 10.0. The minimum absolute atomic E-state index is 0.0165. The van der Waals surface area contributed by atoms with Crippen LogP contribution in [0.15, 0.2) is 111 Å². The van der Waals surface area contributed by atoms with E-state index in [4.69, 9.17) is 4.99 Å². The van der Waals surface area contributed by atoms with E-state index in [1.54, 1.807) is 22.9 Å². The molecule has 0 unspecified atom stereocenters. The van der Waals surface area contributed by atoms with Crippen molar-refractivity contribution in [3.05, 3.63) is 107 Å². The van der Waals surface area contributed by atoms with Gasteiger partial charge in [-0.1, -0.05) is 60.3 Å². The Morgan fingerprint density at radius 3 is 2.59 bits per heavy atom. The Morgan fingerprint density at radius 2 is 1.74 bits per heavy atom. The number of thioether (sulfide) groups is 2. The summed E-state index contributed by atoms with van der Waals surface area (Å²) in [5.41, 5.74) is 3.90. The summed E-state index contributed by atoms with van der Waals surface area (Å²) in [6.07, 6.45) is 1.78. The van der Waals surface area contributed by atoms with Crippen LogP contribution in [0.1, 0.15) is 5.56 Å². The SMILES string of the molecule is CN1/C(=C2/SC(=Nc3ccc4ncccc4c3)N(Cc3ccccc3)C2=O)Sc2ccccc21. The zero-order valence-electron chi connectivity index (χ0n) is 18.4. The number of anilines is 1. The first-order valence-electron chi connectivity index (χ1n) is 10.9. The number of amides is 1. The number of hydrogen-bond acceptors (Lipinski definition) is 6. The Hall–Kier alpha value is -3.55. The number of fused-ring (bicyclic) bond motifs is 2. The fraction of sp³-hybridized carbons (Fsp3) is 0.0741. The minimum atomic E-state index is -0.0165. The van der Waals surface area contributed by atoms with Crippen LogP contribution in [0.25, 0.3) is 10.9 Å². The van der Waals surface area contributed by atoms with E-state index in [-0.39, 0.29) is 5.91 Å². The van der Waals surface area contributed by atoms with Crippen LogP contribution in [-0.4, -0.2) is 28.0 Å². The fourth-order valence-corrected chi connectivity index (χ4v) is 6.41. The van der Waals surface area contributed by atoms with Crippen molar-refractivity contribution in [1.29, 1.82) is 0 Å². The van der Waals surface area contributed by atoms with Crippen LogP contribution in [0.2, 0.25) is 0 Å². The summed E-state index contributed by atoms with van der Waals surface area (Å²) < 4.78 is 0. The fourth-order valence-electron chi connectivity index (χ4n) is 4.07. The lowest BCUT2D eigenvalue weighted by Gasteiger charge is -2.17. The van der Waals surface area contributed by atoms with Gasteiger partial charge in [-0.3, -0.25) is 14.7 Å². The quantitative estimate of drug-likeness (QED) is 0.317. The van der Waals surface area contributed by atoms with E-state index in [0.29, 0.717) is 16.6 Å². The highest BCUT2D eigenvalue weighted by molar-refractivity contribution is 8.19. The normalized spacial score (nSPS) is 18.9. The monoisotopic (exact) mass is 480 g/mol. The second-order valence-electron chi connectivity index (χ2n) is 8.02. The smallest absolute Gasteiger partial charge is 0.269 e. The molecule has 0 N–H and O–H groups in total. The lowest BCUT2D eigenvalue weighted by Crippen LogP contribution is -2.29. The molecule has 34 heavy (non-hydrogen) atoms. The highest BCUT2D eigenvalue weighted by Gasteiger charge is 2.39. The highest BCUT2D eigenvalue weighted by Crippen LogP contribution is 2.50. The number of aliphatic imine (C=N–C) groups is 1. The lowest BCUT2D eigenvalue weighted by atomic mass is 10.2. The number of carbonyl (C=O) groups is 1. The van der Waals surface area contributed by atoms with Crippen molar-refractivity contribution in [2.45, 2.75) is 11.4 Å². The molecule has 3 aromatic carbocycles. The van der Waals surface area contributed by atoms with E-state index in [1.165, 1.54) is 11.8 Å². The number of hydrogen-bond donors (Lipinski definition) is 0. The first-order valence-corrected chi connectivity index (χ1v) is 12.5. The standard InChI is InChI=1S/C27H20N4OS2/c1-30-22-11-5-6-12-23(22)33-26(30)24-25(32)31(17-18-8-3-2-4-9-18)27(34-24)29-20-13-14-21-19(16-20)10-7-15-28-21/h2-16H,17H2,1H3/b26-24-,29-27?. The molecular formula is C27H20N4OS2. The van der Waals surface area contributed by atoms with Crippen molar-refractivity contribution < 1.29 is 4.79 Å². The number of aromatic nitrogens is 1.